The Morgan fingerprint density at radius 2 is 1.94 bits per heavy atom. The van der Waals surface area contributed by atoms with Crippen LogP contribution in [0.5, 0.6) is 0 Å². The van der Waals surface area contributed by atoms with Crippen molar-refractivity contribution in [3.05, 3.63) is 35.9 Å². The molecule has 17 heavy (non-hydrogen) atoms. The third-order valence-corrected chi connectivity index (χ3v) is 2.77. The van der Waals surface area contributed by atoms with Crippen molar-refractivity contribution < 1.29 is 9.53 Å². The Hall–Kier alpha value is -1.35. The molecule has 0 aromatic heterocycles. The quantitative estimate of drug-likeness (QED) is 0.678. The van der Waals surface area contributed by atoms with E-state index in [0.717, 1.165) is 25.9 Å². The molecule has 1 rings (SSSR count). The molecule has 0 bridgehead atoms. The lowest BCUT2D eigenvalue weighted by Gasteiger charge is -2.15. The maximum absolute atomic E-state index is 10.9. The first kappa shape index (κ1) is 13.7. The van der Waals surface area contributed by atoms with Crippen LogP contribution < -0.4 is 0 Å². The maximum atomic E-state index is 10.9. The molecule has 0 aliphatic rings. The van der Waals surface area contributed by atoms with Crippen molar-refractivity contribution in [3.63, 3.8) is 0 Å². The smallest absolute Gasteiger partial charge is 0.305 e. The minimum atomic E-state index is -0.124. The number of hydrogen-bond donors (Lipinski definition) is 0. The van der Waals surface area contributed by atoms with Crippen molar-refractivity contribution in [1.29, 1.82) is 0 Å². The van der Waals surface area contributed by atoms with Gasteiger partial charge >= 0.3 is 5.97 Å². The Morgan fingerprint density at radius 1 is 1.24 bits per heavy atom. The lowest BCUT2D eigenvalue weighted by atomic mass is 10.1. The van der Waals surface area contributed by atoms with Gasteiger partial charge in [0.15, 0.2) is 0 Å². The maximum Gasteiger partial charge on any atom is 0.305 e. The van der Waals surface area contributed by atoms with Crippen LogP contribution in [0.2, 0.25) is 0 Å². The molecule has 3 nitrogen and oxygen atoms in total. The highest BCUT2D eigenvalue weighted by Gasteiger charge is 2.03. The molecule has 0 spiro atoms. The Kier molecular flexibility index (Phi) is 6.33. The average molecular weight is 235 g/mol. The van der Waals surface area contributed by atoms with Crippen LogP contribution in [0.3, 0.4) is 0 Å². The number of methoxy groups -OCH3 is 1. The van der Waals surface area contributed by atoms with E-state index in [-0.39, 0.29) is 5.97 Å². The van der Waals surface area contributed by atoms with Gasteiger partial charge in [0.25, 0.3) is 0 Å². The monoisotopic (exact) mass is 235 g/mol. The van der Waals surface area contributed by atoms with Crippen LogP contribution in [0.4, 0.5) is 0 Å². The van der Waals surface area contributed by atoms with E-state index < -0.39 is 0 Å². The van der Waals surface area contributed by atoms with E-state index in [9.17, 15) is 4.79 Å². The molecule has 0 aliphatic heterocycles. The van der Waals surface area contributed by atoms with Gasteiger partial charge in [-0.15, -0.1) is 0 Å². The third-order valence-electron chi connectivity index (χ3n) is 2.77. The number of hydrogen-bond acceptors (Lipinski definition) is 3. The summed E-state index contributed by atoms with van der Waals surface area (Å²) in [5.41, 5.74) is 1.35. The van der Waals surface area contributed by atoms with Gasteiger partial charge in [-0.1, -0.05) is 30.3 Å². The fourth-order valence-electron chi connectivity index (χ4n) is 1.67. The number of carbonyl (C=O) groups is 1. The van der Waals surface area contributed by atoms with Gasteiger partial charge in [-0.05, 0) is 32.0 Å². The minimum Gasteiger partial charge on any atom is -0.469 e. The molecule has 0 saturated heterocycles. The van der Waals surface area contributed by atoms with E-state index in [2.05, 4.69) is 40.9 Å². The zero-order valence-corrected chi connectivity index (χ0v) is 10.7. The summed E-state index contributed by atoms with van der Waals surface area (Å²) in [6, 6.07) is 10.4. The van der Waals surface area contributed by atoms with Crippen molar-refractivity contribution >= 4 is 5.97 Å². The highest BCUT2D eigenvalue weighted by atomic mass is 16.5. The first-order valence-corrected chi connectivity index (χ1v) is 6.01. The van der Waals surface area contributed by atoms with Gasteiger partial charge in [0.05, 0.1) is 7.11 Å². The molecule has 0 radical (unpaired) electrons. The number of likely N-dealkylation sites (N-methyl/N-ethyl adjacent to an activating group) is 1. The molecule has 0 aliphatic carbocycles. The lowest BCUT2D eigenvalue weighted by molar-refractivity contribution is -0.140. The second kappa shape index (κ2) is 7.85. The first-order chi connectivity index (χ1) is 8.22. The van der Waals surface area contributed by atoms with E-state index in [4.69, 9.17) is 0 Å². The van der Waals surface area contributed by atoms with Gasteiger partial charge in [0.2, 0.25) is 0 Å². The van der Waals surface area contributed by atoms with Gasteiger partial charge in [-0.3, -0.25) is 4.79 Å². The van der Waals surface area contributed by atoms with E-state index in [1.807, 2.05) is 6.07 Å². The molecular weight excluding hydrogens is 214 g/mol. The summed E-state index contributed by atoms with van der Waals surface area (Å²) >= 11 is 0. The van der Waals surface area contributed by atoms with Crippen LogP contribution in [0.25, 0.3) is 0 Å². The van der Waals surface area contributed by atoms with Crippen molar-refractivity contribution in [2.45, 2.75) is 19.3 Å². The van der Waals surface area contributed by atoms with Gasteiger partial charge in [-0.2, -0.15) is 0 Å². The van der Waals surface area contributed by atoms with E-state index in [0.29, 0.717) is 6.42 Å². The number of benzene rings is 1. The SMILES string of the molecule is COC(=O)CCCN(C)CCc1ccccc1. The Morgan fingerprint density at radius 3 is 2.59 bits per heavy atom. The Bertz CT molecular complexity index is 324. The summed E-state index contributed by atoms with van der Waals surface area (Å²) < 4.78 is 4.60. The Balaban J connectivity index is 2.13. The van der Waals surface area contributed by atoms with Crippen LogP contribution in [-0.4, -0.2) is 38.1 Å². The van der Waals surface area contributed by atoms with Crippen LogP contribution in [0, 0.1) is 0 Å². The van der Waals surface area contributed by atoms with E-state index in [1.54, 1.807) is 0 Å². The van der Waals surface area contributed by atoms with Gasteiger partial charge in [0, 0.05) is 13.0 Å². The van der Waals surface area contributed by atoms with Crippen molar-refractivity contribution in [2.75, 3.05) is 27.2 Å². The summed E-state index contributed by atoms with van der Waals surface area (Å²) in [6.45, 7) is 1.95. The topological polar surface area (TPSA) is 29.5 Å². The molecule has 1 aromatic rings. The summed E-state index contributed by atoms with van der Waals surface area (Å²) in [6.07, 6.45) is 2.42. The van der Waals surface area contributed by atoms with Gasteiger partial charge in [0.1, 0.15) is 0 Å². The molecular formula is C14H21NO2. The van der Waals surface area contributed by atoms with Crippen molar-refractivity contribution in [1.82, 2.24) is 4.90 Å². The van der Waals surface area contributed by atoms with Crippen molar-refractivity contribution in [3.8, 4) is 0 Å². The van der Waals surface area contributed by atoms with E-state index >= 15 is 0 Å². The predicted molar refractivity (Wildman–Crippen MR) is 68.9 cm³/mol. The molecule has 0 fully saturated rings. The van der Waals surface area contributed by atoms with Gasteiger partial charge in [-0.25, -0.2) is 0 Å². The molecule has 0 saturated carbocycles. The summed E-state index contributed by atoms with van der Waals surface area (Å²) in [4.78, 5) is 13.2. The van der Waals surface area contributed by atoms with Crippen LogP contribution >= 0.6 is 0 Å². The molecule has 94 valence electrons. The fourth-order valence-corrected chi connectivity index (χ4v) is 1.67. The van der Waals surface area contributed by atoms with Crippen LogP contribution in [0.15, 0.2) is 30.3 Å². The third kappa shape index (κ3) is 6.07. The number of esters is 1. The largest absolute Gasteiger partial charge is 0.469 e. The number of carbonyl (C=O) groups excluding carboxylic acids is 1. The number of nitrogens with zero attached hydrogens (tertiary/aromatic N) is 1. The predicted octanol–water partition coefficient (Wildman–Crippen LogP) is 2.11. The highest BCUT2D eigenvalue weighted by molar-refractivity contribution is 5.69. The standard InChI is InChI=1S/C14H21NO2/c1-15(11-6-9-14(16)17-2)12-10-13-7-4-3-5-8-13/h3-5,7-8H,6,9-12H2,1-2H3. The average Bonchev–Trinajstić information content (AvgIpc) is 2.37. The van der Waals surface area contributed by atoms with Crippen molar-refractivity contribution in [2.24, 2.45) is 0 Å². The highest BCUT2D eigenvalue weighted by Crippen LogP contribution is 2.01. The lowest BCUT2D eigenvalue weighted by Crippen LogP contribution is -2.23. The number of ether oxygens (including phenoxy) is 1. The van der Waals surface area contributed by atoms with Crippen LogP contribution in [0.1, 0.15) is 18.4 Å². The zero-order valence-electron chi connectivity index (χ0n) is 10.7. The normalized spacial score (nSPS) is 10.5. The minimum absolute atomic E-state index is 0.124. The molecule has 1 aromatic carbocycles. The molecule has 0 amide bonds. The summed E-state index contributed by atoms with van der Waals surface area (Å²) in [7, 11) is 3.52. The fraction of sp³-hybridized carbons (Fsp3) is 0.500. The zero-order chi connectivity index (χ0) is 12.5. The summed E-state index contributed by atoms with van der Waals surface area (Å²) in [5.74, 6) is -0.124. The summed E-state index contributed by atoms with van der Waals surface area (Å²) in [5, 5.41) is 0. The molecule has 0 atom stereocenters. The number of rotatable bonds is 7. The van der Waals surface area contributed by atoms with Crippen LogP contribution in [-0.2, 0) is 16.0 Å². The molecule has 3 heteroatoms. The van der Waals surface area contributed by atoms with Gasteiger partial charge < -0.3 is 9.64 Å². The molecule has 0 N–H and O–H groups in total. The second-order valence-corrected chi connectivity index (χ2v) is 4.22. The second-order valence-electron chi connectivity index (χ2n) is 4.22. The molecule has 0 unspecified atom stereocenters. The van der Waals surface area contributed by atoms with E-state index in [1.165, 1.54) is 12.7 Å². The first-order valence-electron chi connectivity index (χ1n) is 6.01. The molecule has 0 heterocycles. The Labute approximate surface area is 103 Å².